The minimum Gasteiger partial charge on any atom is -0.339 e. The van der Waals surface area contributed by atoms with Crippen molar-refractivity contribution in [2.45, 2.75) is 19.3 Å². The lowest BCUT2D eigenvalue weighted by atomic mass is 10.1. The van der Waals surface area contributed by atoms with Gasteiger partial charge in [-0.2, -0.15) is 4.98 Å². The minimum absolute atomic E-state index is 0.196. The van der Waals surface area contributed by atoms with Crippen LogP contribution in [0.25, 0.3) is 0 Å². The zero-order valence-corrected chi connectivity index (χ0v) is 20.1. The summed E-state index contributed by atoms with van der Waals surface area (Å²) < 4.78 is 0.795. The van der Waals surface area contributed by atoms with Gasteiger partial charge in [0, 0.05) is 36.2 Å². The molecule has 0 spiro atoms. The Bertz CT molecular complexity index is 1070. The Morgan fingerprint density at radius 3 is 2.55 bits per heavy atom. The van der Waals surface area contributed by atoms with E-state index in [-0.39, 0.29) is 13.8 Å². The monoisotopic (exact) mass is 497 g/mol. The summed E-state index contributed by atoms with van der Waals surface area (Å²) in [7, 11) is -0.247. The van der Waals surface area contributed by atoms with E-state index in [2.05, 4.69) is 68.1 Å². The predicted octanol–water partition coefficient (Wildman–Crippen LogP) is 5.61. The van der Waals surface area contributed by atoms with Crippen LogP contribution in [-0.2, 0) is 4.79 Å². The SMILES string of the molecule is CP(C)c1ccccc1Nc1nc(Nc2ccc(N3CCCCC3=O)cc2)ncc1Br. The molecule has 1 aromatic heterocycles. The Labute approximate surface area is 192 Å². The predicted molar refractivity (Wildman–Crippen MR) is 134 cm³/mol. The number of aromatic nitrogens is 2. The van der Waals surface area contributed by atoms with Gasteiger partial charge in [-0.25, -0.2) is 4.98 Å². The maximum atomic E-state index is 12.1. The fourth-order valence-electron chi connectivity index (χ4n) is 3.54. The van der Waals surface area contributed by atoms with Gasteiger partial charge >= 0.3 is 0 Å². The molecular formula is C23H25BrN5OP. The molecule has 6 nitrogen and oxygen atoms in total. The van der Waals surface area contributed by atoms with Crippen LogP contribution in [0.1, 0.15) is 19.3 Å². The van der Waals surface area contributed by atoms with Crippen LogP contribution in [-0.4, -0.2) is 35.7 Å². The standard InChI is InChI=1S/C23H25BrN5OP/c1-31(2)20-8-4-3-7-19(20)27-22-18(24)15-25-23(28-22)26-16-10-12-17(13-11-16)29-14-6-5-9-21(29)30/h3-4,7-8,10-13,15H,5-6,9,14H2,1-2H3,(H2,25,26,27,28). The van der Waals surface area contributed by atoms with Gasteiger partial charge in [0.15, 0.2) is 0 Å². The normalized spacial score (nSPS) is 14.1. The summed E-state index contributed by atoms with van der Waals surface area (Å²) in [5, 5.41) is 7.98. The maximum absolute atomic E-state index is 12.1. The number of nitrogens with zero attached hydrogens (tertiary/aromatic N) is 3. The van der Waals surface area contributed by atoms with E-state index in [4.69, 9.17) is 0 Å². The van der Waals surface area contributed by atoms with Crippen molar-refractivity contribution in [3.8, 4) is 0 Å². The molecule has 1 saturated heterocycles. The summed E-state index contributed by atoms with van der Waals surface area (Å²) in [5.74, 6) is 1.40. The molecule has 31 heavy (non-hydrogen) atoms. The lowest BCUT2D eigenvalue weighted by molar-refractivity contribution is -0.119. The summed E-state index contributed by atoms with van der Waals surface area (Å²) >= 11 is 3.55. The third kappa shape index (κ3) is 5.23. The molecule has 8 heteroatoms. The van der Waals surface area contributed by atoms with Crippen molar-refractivity contribution in [2.24, 2.45) is 0 Å². The Hall–Kier alpha value is -2.50. The van der Waals surface area contributed by atoms with Crippen LogP contribution in [0.15, 0.2) is 59.2 Å². The molecule has 160 valence electrons. The molecule has 2 N–H and O–H groups in total. The first-order chi connectivity index (χ1) is 15.0. The first-order valence-corrected chi connectivity index (χ1v) is 13.3. The Morgan fingerprint density at radius 1 is 1.03 bits per heavy atom. The molecule has 0 bridgehead atoms. The largest absolute Gasteiger partial charge is 0.339 e. The molecule has 0 radical (unpaired) electrons. The number of halogens is 1. The van der Waals surface area contributed by atoms with E-state index < -0.39 is 0 Å². The number of para-hydroxylation sites is 1. The van der Waals surface area contributed by atoms with Gasteiger partial charge in [-0.15, -0.1) is 0 Å². The Balaban J connectivity index is 1.50. The average molecular weight is 498 g/mol. The van der Waals surface area contributed by atoms with Crippen LogP contribution in [0.5, 0.6) is 0 Å². The van der Waals surface area contributed by atoms with Crippen molar-refractivity contribution < 1.29 is 4.79 Å². The van der Waals surface area contributed by atoms with Gasteiger partial charge < -0.3 is 15.5 Å². The van der Waals surface area contributed by atoms with Gasteiger partial charge in [0.25, 0.3) is 0 Å². The van der Waals surface area contributed by atoms with Gasteiger partial charge in [-0.05, 0) is 77.7 Å². The number of carbonyl (C=O) groups excluding carboxylic acids is 1. The molecule has 1 aliphatic rings. The second-order valence-electron chi connectivity index (χ2n) is 7.60. The highest BCUT2D eigenvalue weighted by atomic mass is 79.9. The highest BCUT2D eigenvalue weighted by Gasteiger charge is 2.19. The quantitative estimate of drug-likeness (QED) is 0.433. The number of amides is 1. The first-order valence-electron chi connectivity index (χ1n) is 10.2. The van der Waals surface area contributed by atoms with E-state index in [0.717, 1.165) is 40.9 Å². The van der Waals surface area contributed by atoms with E-state index in [1.165, 1.54) is 5.30 Å². The number of hydrogen-bond donors (Lipinski definition) is 2. The first kappa shape index (κ1) is 21.7. The topological polar surface area (TPSA) is 70.2 Å². The molecule has 0 saturated carbocycles. The van der Waals surface area contributed by atoms with Crippen LogP contribution in [0, 0.1) is 0 Å². The maximum Gasteiger partial charge on any atom is 0.229 e. The second kappa shape index (κ2) is 9.75. The summed E-state index contributed by atoms with van der Waals surface area (Å²) in [6.45, 7) is 5.26. The fraction of sp³-hybridized carbons (Fsp3) is 0.261. The lowest BCUT2D eigenvalue weighted by Crippen LogP contribution is -2.35. The number of hydrogen-bond acceptors (Lipinski definition) is 5. The third-order valence-corrected chi connectivity index (χ3v) is 7.08. The van der Waals surface area contributed by atoms with E-state index in [0.29, 0.717) is 18.2 Å². The van der Waals surface area contributed by atoms with E-state index in [1.807, 2.05) is 35.2 Å². The number of nitrogens with one attached hydrogen (secondary N) is 2. The summed E-state index contributed by atoms with van der Waals surface area (Å²) in [6.07, 6.45) is 4.40. The summed E-state index contributed by atoms with van der Waals surface area (Å²) in [5.41, 5.74) is 2.86. The van der Waals surface area contributed by atoms with Crippen molar-refractivity contribution in [3.63, 3.8) is 0 Å². The van der Waals surface area contributed by atoms with Crippen LogP contribution in [0.2, 0.25) is 0 Å². The van der Waals surface area contributed by atoms with Gasteiger partial charge in [-0.1, -0.05) is 26.1 Å². The van der Waals surface area contributed by atoms with E-state index in [1.54, 1.807) is 6.20 Å². The lowest BCUT2D eigenvalue weighted by Gasteiger charge is -2.26. The molecule has 1 amide bonds. The van der Waals surface area contributed by atoms with Gasteiger partial charge in [0.1, 0.15) is 5.82 Å². The summed E-state index contributed by atoms with van der Waals surface area (Å²) in [4.78, 5) is 23.0. The third-order valence-electron chi connectivity index (χ3n) is 5.14. The number of anilines is 5. The van der Waals surface area contributed by atoms with Crippen molar-refractivity contribution in [3.05, 3.63) is 59.2 Å². The second-order valence-corrected chi connectivity index (χ2v) is 10.7. The van der Waals surface area contributed by atoms with Crippen LogP contribution < -0.4 is 20.8 Å². The molecule has 2 aromatic carbocycles. The number of piperidine rings is 1. The van der Waals surface area contributed by atoms with Crippen LogP contribution in [0.4, 0.5) is 28.8 Å². The van der Waals surface area contributed by atoms with Crippen molar-refractivity contribution in [1.29, 1.82) is 0 Å². The van der Waals surface area contributed by atoms with Crippen molar-refractivity contribution >= 4 is 63.9 Å². The molecule has 0 unspecified atom stereocenters. The number of benzene rings is 2. The van der Waals surface area contributed by atoms with Crippen LogP contribution in [0.3, 0.4) is 0 Å². The molecule has 4 rings (SSSR count). The zero-order valence-electron chi connectivity index (χ0n) is 17.6. The number of rotatable bonds is 6. The zero-order chi connectivity index (χ0) is 21.8. The molecule has 3 aromatic rings. The van der Waals surface area contributed by atoms with E-state index >= 15 is 0 Å². The van der Waals surface area contributed by atoms with Gasteiger partial charge in [-0.3, -0.25) is 4.79 Å². The molecule has 1 aliphatic heterocycles. The highest BCUT2D eigenvalue weighted by Crippen LogP contribution is 2.31. The van der Waals surface area contributed by atoms with E-state index in [9.17, 15) is 4.79 Å². The molecule has 2 heterocycles. The van der Waals surface area contributed by atoms with Crippen LogP contribution >= 0.6 is 23.9 Å². The summed E-state index contributed by atoms with van der Waals surface area (Å²) in [6, 6.07) is 16.1. The molecular weight excluding hydrogens is 473 g/mol. The Kier molecular flexibility index (Phi) is 6.83. The molecule has 1 fully saturated rings. The molecule has 0 aliphatic carbocycles. The van der Waals surface area contributed by atoms with Crippen molar-refractivity contribution in [1.82, 2.24) is 9.97 Å². The van der Waals surface area contributed by atoms with Crippen molar-refractivity contribution in [2.75, 3.05) is 35.4 Å². The highest BCUT2D eigenvalue weighted by molar-refractivity contribution is 9.10. The Morgan fingerprint density at radius 2 is 1.81 bits per heavy atom. The fourth-order valence-corrected chi connectivity index (χ4v) is 4.83. The average Bonchev–Trinajstić information content (AvgIpc) is 2.77. The molecule has 0 atom stereocenters. The smallest absolute Gasteiger partial charge is 0.229 e. The minimum atomic E-state index is -0.247. The number of carbonyl (C=O) groups is 1. The van der Waals surface area contributed by atoms with Gasteiger partial charge in [0.2, 0.25) is 11.9 Å². The van der Waals surface area contributed by atoms with Gasteiger partial charge in [0.05, 0.1) is 4.47 Å².